The maximum Gasteiger partial charge on any atom is 0.180 e. The number of carbonyl (C=O) groups excluding carboxylic acids is 1. The van der Waals surface area contributed by atoms with E-state index >= 15 is 0 Å². The van der Waals surface area contributed by atoms with Gasteiger partial charge in [0.1, 0.15) is 0 Å². The summed E-state index contributed by atoms with van der Waals surface area (Å²) in [5.41, 5.74) is 3.40. The van der Waals surface area contributed by atoms with Gasteiger partial charge in [-0.25, -0.2) is 0 Å². The highest BCUT2D eigenvalue weighted by atomic mass is 33.1. The van der Waals surface area contributed by atoms with Gasteiger partial charge in [0, 0.05) is 22.0 Å². The van der Waals surface area contributed by atoms with Gasteiger partial charge in [-0.05, 0) is 18.1 Å². The van der Waals surface area contributed by atoms with Crippen molar-refractivity contribution in [3.63, 3.8) is 0 Å². The minimum absolute atomic E-state index is 0.0435. The zero-order valence-corrected chi connectivity index (χ0v) is 13.2. The van der Waals surface area contributed by atoms with Crippen LogP contribution in [0.25, 0.3) is 9.81 Å². The van der Waals surface area contributed by atoms with Gasteiger partial charge in [-0.1, -0.05) is 81.7 Å². The number of hydrogen-bond donors (Lipinski definition) is 0. The van der Waals surface area contributed by atoms with E-state index in [1.54, 1.807) is 33.7 Å². The molecule has 0 fully saturated rings. The molecule has 2 aromatic carbocycles. The molecular formula is C18H14OS2. The first-order valence-electron chi connectivity index (χ1n) is 6.67. The van der Waals surface area contributed by atoms with Crippen molar-refractivity contribution in [2.24, 2.45) is 0 Å². The van der Waals surface area contributed by atoms with E-state index in [4.69, 9.17) is 0 Å². The van der Waals surface area contributed by atoms with Crippen molar-refractivity contribution in [2.45, 2.75) is 6.92 Å². The van der Waals surface area contributed by atoms with Gasteiger partial charge in [0.15, 0.2) is 5.78 Å². The van der Waals surface area contributed by atoms with Crippen molar-refractivity contribution in [1.29, 1.82) is 0 Å². The highest BCUT2D eigenvalue weighted by Crippen LogP contribution is 2.46. The predicted molar refractivity (Wildman–Crippen MR) is 93.8 cm³/mol. The SMILES string of the molecule is Cc1ccc(C2=CC(=O)C=C(c3ccccc3)SS2)cc1. The number of ketones is 1. The average Bonchev–Trinajstić information content (AvgIpc) is 2.71. The Morgan fingerprint density at radius 2 is 1.24 bits per heavy atom. The standard InChI is InChI=1S/C18H14OS2/c1-13-7-9-15(10-8-13)18-12-16(19)11-17(20-21-18)14-5-3-2-4-6-14/h2-12H,1H3. The van der Waals surface area contributed by atoms with Gasteiger partial charge in [0.25, 0.3) is 0 Å². The molecule has 0 unspecified atom stereocenters. The quantitative estimate of drug-likeness (QED) is 0.697. The molecule has 1 aliphatic rings. The minimum Gasteiger partial charge on any atom is -0.290 e. The molecule has 3 rings (SSSR count). The molecule has 0 aromatic heterocycles. The maximum atomic E-state index is 12.1. The van der Waals surface area contributed by atoms with Crippen LogP contribution in [-0.4, -0.2) is 5.78 Å². The number of rotatable bonds is 2. The molecule has 0 saturated carbocycles. The fourth-order valence-corrected chi connectivity index (χ4v) is 4.40. The number of aryl methyl sites for hydroxylation is 1. The summed E-state index contributed by atoms with van der Waals surface area (Å²) < 4.78 is 0. The van der Waals surface area contributed by atoms with E-state index in [1.165, 1.54) is 5.56 Å². The van der Waals surface area contributed by atoms with E-state index in [-0.39, 0.29) is 5.78 Å². The summed E-state index contributed by atoms with van der Waals surface area (Å²) >= 11 is 0. The summed E-state index contributed by atoms with van der Waals surface area (Å²) in [5.74, 6) is 0.0435. The number of allylic oxidation sites excluding steroid dienone is 2. The number of carbonyl (C=O) groups is 1. The van der Waals surface area contributed by atoms with Crippen LogP contribution in [-0.2, 0) is 4.79 Å². The van der Waals surface area contributed by atoms with Crippen LogP contribution in [0.2, 0.25) is 0 Å². The van der Waals surface area contributed by atoms with Crippen molar-refractivity contribution >= 4 is 37.2 Å². The monoisotopic (exact) mass is 310 g/mol. The Hall–Kier alpha value is -1.71. The van der Waals surface area contributed by atoms with Crippen LogP contribution in [0.3, 0.4) is 0 Å². The van der Waals surface area contributed by atoms with Gasteiger partial charge in [-0.3, -0.25) is 4.79 Å². The van der Waals surface area contributed by atoms with Gasteiger partial charge in [-0.2, -0.15) is 0 Å². The molecule has 2 aromatic rings. The highest BCUT2D eigenvalue weighted by Gasteiger charge is 2.14. The summed E-state index contributed by atoms with van der Waals surface area (Å²) in [6.07, 6.45) is 3.44. The summed E-state index contributed by atoms with van der Waals surface area (Å²) in [6.45, 7) is 2.06. The van der Waals surface area contributed by atoms with Crippen LogP contribution >= 0.6 is 21.6 Å². The maximum absolute atomic E-state index is 12.1. The lowest BCUT2D eigenvalue weighted by atomic mass is 10.1. The molecule has 0 N–H and O–H groups in total. The lowest BCUT2D eigenvalue weighted by Gasteiger charge is -2.07. The fraction of sp³-hybridized carbons (Fsp3) is 0.0556. The summed E-state index contributed by atoms with van der Waals surface area (Å²) in [4.78, 5) is 14.1. The van der Waals surface area contributed by atoms with Crippen LogP contribution in [0.15, 0.2) is 66.7 Å². The number of benzene rings is 2. The Balaban J connectivity index is 1.86. The predicted octanol–water partition coefficient (Wildman–Crippen LogP) is 5.34. The smallest absolute Gasteiger partial charge is 0.180 e. The van der Waals surface area contributed by atoms with E-state index in [2.05, 4.69) is 31.2 Å². The Labute approximate surface area is 132 Å². The third-order valence-electron chi connectivity index (χ3n) is 3.16. The Morgan fingerprint density at radius 1 is 0.714 bits per heavy atom. The second kappa shape index (κ2) is 6.37. The van der Waals surface area contributed by atoms with Crippen LogP contribution < -0.4 is 0 Å². The van der Waals surface area contributed by atoms with E-state index in [0.29, 0.717) is 0 Å². The molecule has 0 spiro atoms. The molecule has 1 heterocycles. The third-order valence-corrected chi connectivity index (χ3v) is 5.64. The molecule has 1 aliphatic heterocycles. The van der Waals surface area contributed by atoms with Gasteiger partial charge in [0.05, 0.1) is 0 Å². The van der Waals surface area contributed by atoms with Crippen molar-refractivity contribution in [1.82, 2.24) is 0 Å². The Morgan fingerprint density at radius 3 is 1.81 bits per heavy atom. The molecule has 0 radical (unpaired) electrons. The zero-order valence-electron chi connectivity index (χ0n) is 11.6. The van der Waals surface area contributed by atoms with E-state index in [0.717, 1.165) is 20.9 Å². The summed E-state index contributed by atoms with van der Waals surface area (Å²) in [5, 5.41) is 0. The molecule has 21 heavy (non-hydrogen) atoms. The van der Waals surface area contributed by atoms with Gasteiger partial charge < -0.3 is 0 Å². The van der Waals surface area contributed by atoms with Gasteiger partial charge in [0.2, 0.25) is 0 Å². The van der Waals surface area contributed by atoms with E-state index in [9.17, 15) is 4.79 Å². The van der Waals surface area contributed by atoms with Crippen LogP contribution in [0.1, 0.15) is 16.7 Å². The van der Waals surface area contributed by atoms with Crippen molar-refractivity contribution in [3.8, 4) is 0 Å². The topological polar surface area (TPSA) is 17.1 Å². The Bertz CT molecular complexity index is 713. The van der Waals surface area contributed by atoms with Crippen LogP contribution in [0, 0.1) is 6.92 Å². The minimum atomic E-state index is 0.0435. The first kappa shape index (κ1) is 14.2. The highest BCUT2D eigenvalue weighted by molar-refractivity contribution is 8.83. The molecule has 0 amide bonds. The second-order valence-corrected chi connectivity index (χ2v) is 7.03. The molecule has 0 bridgehead atoms. The number of hydrogen-bond acceptors (Lipinski definition) is 3. The molecule has 104 valence electrons. The molecule has 0 saturated heterocycles. The molecule has 0 atom stereocenters. The molecule has 0 aliphatic carbocycles. The normalized spacial score (nSPS) is 15.2. The van der Waals surface area contributed by atoms with E-state index in [1.807, 2.05) is 30.3 Å². The van der Waals surface area contributed by atoms with Gasteiger partial charge in [-0.15, -0.1) is 0 Å². The summed E-state index contributed by atoms with van der Waals surface area (Å²) in [6, 6.07) is 18.3. The zero-order chi connectivity index (χ0) is 14.7. The lowest BCUT2D eigenvalue weighted by molar-refractivity contribution is -0.110. The van der Waals surface area contributed by atoms with Gasteiger partial charge >= 0.3 is 0 Å². The van der Waals surface area contributed by atoms with Crippen molar-refractivity contribution < 1.29 is 4.79 Å². The molecule has 3 heteroatoms. The summed E-state index contributed by atoms with van der Waals surface area (Å²) in [7, 11) is 3.28. The van der Waals surface area contributed by atoms with Crippen molar-refractivity contribution in [3.05, 3.63) is 83.4 Å². The first-order valence-corrected chi connectivity index (χ1v) is 8.82. The Kier molecular flexibility index (Phi) is 4.32. The largest absolute Gasteiger partial charge is 0.290 e. The van der Waals surface area contributed by atoms with E-state index < -0.39 is 0 Å². The van der Waals surface area contributed by atoms with Crippen molar-refractivity contribution in [2.75, 3.05) is 0 Å². The lowest BCUT2D eigenvalue weighted by Crippen LogP contribution is -1.88. The van der Waals surface area contributed by atoms with Crippen LogP contribution in [0.5, 0.6) is 0 Å². The molecular weight excluding hydrogens is 296 g/mol. The fourth-order valence-electron chi connectivity index (χ4n) is 2.02. The average molecular weight is 310 g/mol. The second-order valence-electron chi connectivity index (χ2n) is 4.82. The van der Waals surface area contributed by atoms with Crippen LogP contribution in [0.4, 0.5) is 0 Å². The molecule has 1 nitrogen and oxygen atoms in total. The third kappa shape index (κ3) is 3.49. The first-order chi connectivity index (χ1) is 10.2.